The molecule has 0 fully saturated rings. The van der Waals surface area contributed by atoms with Crippen LogP contribution in [-0.4, -0.2) is 33.9 Å². The van der Waals surface area contributed by atoms with Crippen molar-refractivity contribution >= 4 is 25.6 Å². The molecule has 0 spiro atoms. The fourth-order valence-corrected chi connectivity index (χ4v) is 3.37. The Morgan fingerprint density at radius 2 is 1.75 bits per heavy atom. The van der Waals surface area contributed by atoms with Crippen molar-refractivity contribution in [2.75, 3.05) is 5.75 Å². The number of carbonyl (C=O) groups excluding carboxylic acids is 1. The van der Waals surface area contributed by atoms with Crippen LogP contribution in [0.4, 0.5) is 0 Å². The molecular weight excluding hydrogens is 254 g/mol. The molecule has 1 unspecified atom stereocenters. The summed E-state index contributed by atoms with van der Waals surface area (Å²) in [7, 11) is -7.63. The monoisotopic (exact) mass is 267 g/mol. The molecule has 0 aromatic heterocycles. The van der Waals surface area contributed by atoms with Gasteiger partial charge in [-0.3, -0.25) is 4.79 Å². The Labute approximate surface area is 94.9 Å². The number of hydrogen-bond acceptors (Lipinski definition) is 5. The highest BCUT2D eigenvalue weighted by molar-refractivity contribution is 7.98. The number of hydrogen-bond donors (Lipinski definition) is 1. The molecule has 0 saturated carbocycles. The Hall–Kier alpha value is -1.15. The topological polar surface area (TPSA) is 97.4 Å². The third kappa shape index (κ3) is 4.58. The minimum absolute atomic E-state index is 0.603. The lowest BCUT2D eigenvalue weighted by atomic mass is 10.6. The van der Waals surface area contributed by atoms with Crippen molar-refractivity contribution in [1.82, 2.24) is 5.32 Å². The Kier molecular flexibility index (Phi) is 4.88. The molecule has 8 heteroatoms. The van der Waals surface area contributed by atoms with Crippen LogP contribution in [0.2, 0.25) is 0 Å². The lowest BCUT2D eigenvalue weighted by Crippen LogP contribution is -2.43. The van der Waals surface area contributed by atoms with E-state index in [2.05, 4.69) is 13.2 Å². The van der Waals surface area contributed by atoms with Gasteiger partial charge in [0.1, 0.15) is 5.37 Å². The van der Waals surface area contributed by atoms with Gasteiger partial charge in [-0.1, -0.05) is 13.2 Å². The Bertz CT molecular complexity index is 489. The molecule has 0 saturated heterocycles. The first-order chi connectivity index (χ1) is 7.14. The van der Waals surface area contributed by atoms with Crippen molar-refractivity contribution in [3.8, 4) is 0 Å². The van der Waals surface area contributed by atoms with Crippen LogP contribution >= 0.6 is 0 Å². The van der Waals surface area contributed by atoms with Crippen molar-refractivity contribution in [2.24, 2.45) is 0 Å². The number of carbonyl (C=O) groups is 1. The summed E-state index contributed by atoms with van der Waals surface area (Å²) in [5, 5.41) is 1.74. The van der Waals surface area contributed by atoms with Crippen LogP contribution in [0.15, 0.2) is 24.0 Å². The molecule has 1 N–H and O–H groups in total. The Balaban J connectivity index is 5.21. The van der Waals surface area contributed by atoms with Gasteiger partial charge in [0.2, 0.25) is 5.91 Å². The molecule has 6 nitrogen and oxygen atoms in total. The molecule has 0 aliphatic rings. The molecular formula is C8H13NO5S2. The molecule has 0 bridgehead atoms. The van der Waals surface area contributed by atoms with Crippen LogP contribution in [-0.2, 0) is 24.5 Å². The molecule has 0 aromatic carbocycles. The zero-order valence-electron chi connectivity index (χ0n) is 8.71. The lowest BCUT2D eigenvalue weighted by molar-refractivity contribution is -0.119. The SMILES string of the molecule is C=CS(=O)(=O)CC(NC(C)=O)S(=O)(=O)C=C. The van der Waals surface area contributed by atoms with Crippen molar-refractivity contribution < 1.29 is 21.6 Å². The van der Waals surface area contributed by atoms with Crippen LogP contribution in [0.1, 0.15) is 6.92 Å². The van der Waals surface area contributed by atoms with E-state index in [1.165, 1.54) is 0 Å². The van der Waals surface area contributed by atoms with Gasteiger partial charge in [-0.25, -0.2) is 16.8 Å². The van der Waals surface area contributed by atoms with Crippen LogP contribution in [0.3, 0.4) is 0 Å². The van der Waals surface area contributed by atoms with E-state index in [-0.39, 0.29) is 0 Å². The van der Waals surface area contributed by atoms with Crippen LogP contribution in [0.5, 0.6) is 0 Å². The van der Waals surface area contributed by atoms with Crippen molar-refractivity contribution in [2.45, 2.75) is 12.3 Å². The molecule has 0 rings (SSSR count). The summed E-state index contributed by atoms with van der Waals surface area (Å²) in [6.45, 7) is 7.20. The predicted octanol–water partition coefficient (Wildman–Crippen LogP) is -0.435. The highest BCUT2D eigenvalue weighted by atomic mass is 32.2. The Morgan fingerprint density at radius 1 is 1.25 bits per heavy atom. The summed E-state index contributed by atoms with van der Waals surface area (Å²) < 4.78 is 45.2. The zero-order valence-corrected chi connectivity index (χ0v) is 10.3. The van der Waals surface area contributed by atoms with Gasteiger partial charge >= 0.3 is 0 Å². The quantitative estimate of drug-likeness (QED) is 0.704. The second kappa shape index (κ2) is 5.26. The molecule has 0 heterocycles. The summed E-state index contributed by atoms with van der Waals surface area (Å²) in [5.41, 5.74) is 0. The van der Waals surface area contributed by atoms with Gasteiger partial charge in [0.05, 0.1) is 5.75 Å². The fraction of sp³-hybridized carbons (Fsp3) is 0.375. The standard InChI is InChI=1S/C8H13NO5S2/c1-4-15(11,12)6-8(9-7(3)10)16(13,14)5-2/h4-5,8H,1-2,6H2,3H3,(H,9,10). The fourth-order valence-electron chi connectivity index (χ4n) is 0.841. The second-order valence-electron chi connectivity index (χ2n) is 2.94. The van der Waals surface area contributed by atoms with Gasteiger partial charge in [0, 0.05) is 17.7 Å². The van der Waals surface area contributed by atoms with E-state index in [9.17, 15) is 21.6 Å². The maximum absolute atomic E-state index is 11.4. The summed E-state index contributed by atoms with van der Waals surface area (Å²) in [6, 6.07) is 0. The largest absolute Gasteiger partial charge is 0.339 e. The highest BCUT2D eigenvalue weighted by Gasteiger charge is 2.27. The first-order valence-electron chi connectivity index (χ1n) is 4.13. The third-order valence-corrected chi connectivity index (χ3v) is 4.69. The van der Waals surface area contributed by atoms with Crippen molar-refractivity contribution in [3.05, 3.63) is 24.0 Å². The zero-order chi connectivity index (χ0) is 13.0. The van der Waals surface area contributed by atoms with Gasteiger partial charge < -0.3 is 5.32 Å². The van der Waals surface area contributed by atoms with Gasteiger partial charge in [0.25, 0.3) is 0 Å². The third-order valence-electron chi connectivity index (χ3n) is 1.63. The smallest absolute Gasteiger partial charge is 0.217 e. The van der Waals surface area contributed by atoms with E-state index in [1.54, 1.807) is 0 Å². The predicted molar refractivity (Wildman–Crippen MR) is 60.7 cm³/mol. The van der Waals surface area contributed by atoms with E-state index < -0.39 is 36.7 Å². The van der Waals surface area contributed by atoms with E-state index in [4.69, 9.17) is 0 Å². The molecule has 0 radical (unpaired) electrons. The average molecular weight is 267 g/mol. The average Bonchev–Trinajstić information content (AvgIpc) is 2.16. The molecule has 0 aromatic rings. The van der Waals surface area contributed by atoms with Crippen molar-refractivity contribution in [3.63, 3.8) is 0 Å². The molecule has 16 heavy (non-hydrogen) atoms. The van der Waals surface area contributed by atoms with Crippen LogP contribution in [0.25, 0.3) is 0 Å². The molecule has 0 aliphatic carbocycles. The molecule has 1 amide bonds. The van der Waals surface area contributed by atoms with Gasteiger partial charge in [0.15, 0.2) is 19.7 Å². The van der Waals surface area contributed by atoms with Crippen LogP contribution in [0, 0.1) is 0 Å². The Morgan fingerprint density at radius 3 is 2.06 bits per heavy atom. The maximum atomic E-state index is 11.4. The summed E-state index contributed by atoms with van der Waals surface area (Å²) in [4.78, 5) is 10.8. The van der Waals surface area contributed by atoms with E-state index in [1.807, 2.05) is 5.32 Å². The van der Waals surface area contributed by atoms with Gasteiger partial charge in [-0.15, -0.1) is 0 Å². The van der Waals surface area contributed by atoms with Crippen LogP contribution < -0.4 is 5.32 Å². The summed E-state index contributed by atoms with van der Waals surface area (Å²) in [6.07, 6.45) is 0. The lowest BCUT2D eigenvalue weighted by Gasteiger charge is -2.14. The minimum Gasteiger partial charge on any atom is -0.339 e. The number of nitrogens with one attached hydrogen (secondary N) is 1. The maximum Gasteiger partial charge on any atom is 0.217 e. The van der Waals surface area contributed by atoms with E-state index >= 15 is 0 Å². The number of amides is 1. The normalized spacial score (nSPS) is 13.8. The summed E-state index contributed by atoms with van der Waals surface area (Å²) in [5.74, 6) is -1.40. The van der Waals surface area contributed by atoms with Gasteiger partial charge in [-0.05, 0) is 0 Å². The molecule has 0 aliphatic heterocycles. The molecule has 92 valence electrons. The van der Waals surface area contributed by atoms with E-state index in [0.717, 1.165) is 6.92 Å². The first-order valence-corrected chi connectivity index (χ1v) is 7.45. The van der Waals surface area contributed by atoms with Crippen molar-refractivity contribution in [1.29, 1.82) is 0 Å². The highest BCUT2D eigenvalue weighted by Crippen LogP contribution is 2.05. The van der Waals surface area contributed by atoms with E-state index in [0.29, 0.717) is 10.8 Å². The second-order valence-corrected chi connectivity index (χ2v) is 7.01. The van der Waals surface area contributed by atoms with Gasteiger partial charge in [-0.2, -0.15) is 0 Å². The molecule has 1 atom stereocenters. The number of sulfone groups is 2. The number of rotatable bonds is 6. The summed E-state index contributed by atoms with van der Waals surface area (Å²) >= 11 is 0. The minimum atomic E-state index is -3.89. The first kappa shape index (κ1) is 14.8.